The number of carbonyl (C=O) groups is 1. The molecular formula is C19H22Br3NO. The van der Waals surface area contributed by atoms with E-state index in [0.29, 0.717) is 5.91 Å². The first-order valence-electron chi connectivity index (χ1n) is 8.57. The van der Waals surface area contributed by atoms with Crippen molar-refractivity contribution < 1.29 is 4.79 Å². The number of rotatable bonds is 2. The van der Waals surface area contributed by atoms with Crippen molar-refractivity contribution >= 4 is 53.7 Å². The van der Waals surface area contributed by atoms with Gasteiger partial charge in [-0.1, -0.05) is 85.9 Å². The lowest BCUT2D eigenvalue weighted by atomic mass is 9.43. The van der Waals surface area contributed by atoms with Gasteiger partial charge in [-0.2, -0.15) is 0 Å². The molecular weight excluding hydrogens is 498 g/mol. The Labute approximate surface area is 169 Å². The van der Waals surface area contributed by atoms with Crippen molar-refractivity contribution in [1.29, 1.82) is 0 Å². The van der Waals surface area contributed by atoms with E-state index in [-0.39, 0.29) is 24.8 Å². The highest BCUT2D eigenvalue weighted by atomic mass is 79.9. The highest BCUT2D eigenvalue weighted by Crippen LogP contribution is 2.82. The summed E-state index contributed by atoms with van der Waals surface area (Å²) in [6.45, 7) is 6.16. The Kier molecular flexibility index (Phi) is 4.06. The van der Waals surface area contributed by atoms with Crippen LogP contribution in [0.5, 0.6) is 0 Å². The number of hydrogen-bond donors (Lipinski definition) is 0. The van der Waals surface area contributed by atoms with Gasteiger partial charge in [0.1, 0.15) is 0 Å². The monoisotopic (exact) mass is 517 g/mol. The second kappa shape index (κ2) is 5.56. The molecule has 3 saturated carbocycles. The normalized spacial score (nSPS) is 36.4. The van der Waals surface area contributed by atoms with E-state index in [1.807, 2.05) is 0 Å². The van der Waals surface area contributed by atoms with Crippen LogP contribution in [0.3, 0.4) is 0 Å². The third kappa shape index (κ3) is 1.85. The van der Waals surface area contributed by atoms with Gasteiger partial charge in [-0.3, -0.25) is 4.79 Å². The van der Waals surface area contributed by atoms with Crippen molar-refractivity contribution in [2.75, 3.05) is 6.54 Å². The van der Waals surface area contributed by atoms with Gasteiger partial charge >= 0.3 is 0 Å². The fourth-order valence-electron chi connectivity index (χ4n) is 5.62. The minimum absolute atomic E-state index is 0.0279. The zero-order valence-electron chi connectivity index (χ0n) is 14.0. The molecule has 0 unspecified atom stereocenters. The number of amides is 1. The largest absolute Gasteiger partial charge is 0.337 e. The molecule has 1 aromatic rings. The third-order valence-electron chi connectivity index (χ3n) is 7.29. The van der Waals surface area contributed by atoms with E-state index in [9.17, 15) is 4.79 Å². The van der Waals surface area contributed by atoms with Crippen molar-refractivity contribution in [1.82, 2.24) is 4.90 Å². The number of alkyl halides is 3. The second-order valence-corrected chi connectivity index (χ2v) is 12.0. The van der Waals surface area contributed by atoms with Crippen LogP contribution in [0.4, 0.5) is 0 Å². The van der Waals surface area contributed by atoms with E-state index >= 15 is 0 Å². The van der Waals surface area contributed by atoms with Gasteiger partial charge in [0.25, 0.3) is 0 Å². The lowest BCUT2D eigenvalue weighted by molar-refractivity contribution is -0.173. The maximum atomic E-state index is 13.6. The average Bonchev–Trinajstić information content (AvgIpc) is 3.03. The molecule has 5 heteroatoms. The summed E-state index contributed by atoms with van der Waals surface area (Å²) in [6, 6.07) is 8.52. The lowest BCUT2D eigenvalue weighted by Gasteiger charge is -2.66. The van der Waals surface area contributed by atoms with Gasteiger partial charge in [-0.25, -0.2) is 0 Å². The van der Waals surface area contributed by atoms with Crippen LogP contribution in [-0.2, 0) is 17.8 Å². The number of halogens is 3. The summed E-state index contributed by atoms with van der Waals surface area (Å²) in [4.78, 5) is 16.0. The lowest BCUT2D eigenvalue weighted by Crippen LogP contribution is -2.72. The van der Waals surface area contributed by atoms with E-state index in [0.717, 1.165) is 32.4 Å². The number of fused-ring (bicyclic) bond motifs is 2. The van der Waals surface area contributed by atoms with Crippen molar-refractivity contribution in [3.8, 4) is 0 Å². The van der Waals surface area contributed by atoms with E-state index in [1.165, 1.54) is 11.1 Å². The molecule has 1 aliphatic heterocycles. The summed E-state index contributed by atoms with van der Waals surface area (Å²) in [5.41, 5.74) is 2.49. The predicted octanol–water partition coefficient (Wildman–Crippen LogP) is 5.26. The van der Waals surface area contributed by atoms with Crippen LogP contribution >= 0.6 is 47.8 Å². The van der Waals surface area contributed by atoms with Gasteiger partial charge in [0, 0.05) is 23.3 Å². The fourth-order valence-corrected chi connectivity index (χ4v) is 10.5. The Bertz CT molecular complexity index is 704. The van der Waals surface area contributed by atoms with E-state index in [2.05, 4.69) is 90.8 Å². The summed E-state index contributed by atoms with van der Waals surface area (Å²) in [5, 5.41) is 0. The molecule has 0 aromatic heterocycles. The highest BCUT2D eigenvalue weighted by molar-refractivity contribution is 9.24. The van der Waals surface area contributed by atoms with Crippen LogP contribution in [0.15, 0.2) is 24.3 Å². The average molecular weight is 520 g/mol. The molecule has 3 aliphatic carbocycles. The van der Waals surface area contributed by atoms with Gasteiger partial charge in [0.05, 0.1) is 9.15 Å². The summed E-state index contributed by atoms with van der Waals surface area (Å²) >= 11 is 11.5. The Balaban J connectivity index is 1.65. The molecule has 0 saturated heterocycles. The van der Waals surface area contributed by atoms with Gasteiger partial charge < -0.3 is 4.90 Å². The number of hydrogen-bond acceptors (Lipinski definition) is 1. The van der Waals surface area contributed by atoms with Crippen molar-refractivity contribution in [3.63, 3.8) is 0 Å². The maximum Gasteiger partial charge on any atom is 0.230 e. The predicted molar refractivity (Wildman–Crippen MR) is 108 cm³/mol. The molecule has 1 heterocycles. The molecule has 0 radical (unpaired) electrons. The zero-order chi connectivity index (χ0) is 17.3. The standard InChI is InChI=1S/C19H22Br3NO/c1-17(2)18(15(21)22)8-9-19(17,14(18)20)16(24)23-10-7-12-5-3-4-6-13(12)11-23/h3-6,14-15H,7-11H2,1-2H3/t14-,18+,19-/m0/s1. The Morgan fingerprint density at radius 2 is 1.88 bits per heavy atom. The molecule has 24 heavy (non-hydrogen) atoms. The molecule has 0 N–H and O–H groups in total. The minimum atomic E-state index is -0.279. The van der Waals surface area contributed by atoms with Crippen molar-refractivity contribution in [2.45, 2.75) is 48.2 Å². The Morgan fingerprint density at radius 1 is 1.21 bits per heavy atom. The van der Waals surface area contributed by atoms with Crippen LogP contribution in [0.1, 0.15) is 37.8 Å². The third-order valence-corrected chi connectivity index (χ3v) is 10.5. The van der Waals surface area contributed by atoms with Crippen LogP contribution in [-0.4, -0.2) is 25.9 Å². The first-order valence-corrected chi connectivity index (χ1v) is 11.3. The summed E-state index contributed by atoms with van der Waals surface area (Å²) in [7, 11) is 0. The minimum Gasteiger partial charge on any atom is -0.337 e. The van der Waals surface area contributed by atoms with E-state index < -0.39 is 0 Å². The van der Waals surface area contributed by atoms with Gasteiger partial charge in [-0.15, -0.1) is 0 Å². The SMILES string of the molecule is CC1(C)[C@]2(C(Br)Br)CC[C@@]1(C(=O)N1CCc3ccccc3C1)[C@H]2Br. The Hall–Kier alpha value is 0.130. The topological polar surface area (TPSA) is 20.3 Å². The van der Waals surface area contributed by atoms with Gasteiger partial charge in [0.15, 0.2) is 0 Å². The Morgan fingerprint density at radius 3 is 2.46 bits per heavy atom. The van der Waals surface area contributed by atoms with Crippen LogP contribution in [0.25, 0.3) is 0 Å². The molecule has 1 aromatic carbocycles. The molecule has 2 bridgehead atoms. The summed E-state index contributed by atoms with van der Waals surface area (Å²) in [5.74, 6) is 0.345. The second-order valence-electron chi connectivity index (χ2n) is 8.05. The molecule has 130 valence electrons. The van der Waals surface area contributed by atoms with Crippen molar-refractivity contribution in [2.24, 2.45) is 16.2 Å². The molecule has 0 spiro atoms. The number of carbonyl (C=O) groups excluding carboxylic acids is 1. The van der Waals surface area contributed by atoms with Crippen LogP contribution in [0.2, 0.25) is 0 Å². The van der Waals surface area contributed by atoms with E-state index in [1.54, 1.807) is 0 Å². The summed E-state index contributed by atoms with van der Waals surface area (Å²) in [6.07, 6.45) is 3.02. The molecule has 4 aliphatic rings. The molecule has 3 atom stereocenters. The first kappa shape index (κ1) is 17.5. The van der Waals surface area contributed by atoms with Crippen LogP contribution < -0.4 is 0 Å². The maximum absolute atomic E-state index is 13.6. The number of nitrogens with zero attached hydrogens (tertiary/aromatic N) is 1. The fraction of sp³-hybridized carbons (Fsp3) is 0.632. The molecule has 5 rings (SSSR count). The first-order chi connectivity index (χ1) is 11.3. The summed E-state index contributed by atoms with van der Waals surface area (Å²) < 4.78 is 0.224. The zero-order valence-corrected chi connectivity index (χ0v) is 18.7. The van der Waals surface area contributed by atoms with Crippen molar-refractivity contribution in [3.05, 3.63) is 35.4 Å². The number of benzene rings is 1. The quantitative estimate of drug-likeness (QED) is 0.488. The van der Waals surface area contributed by atoms with Gasteiger partial charge in [-0.05, 0) is 35.8 Å². The van der Waals surface area contributed by atoms with Crippen LogP contribution in [0, 0.1) is 16.2 Å². The molecule has 1 amide bonds. The highest BCUT2D eigenvalue weighted by Gasteiger charge is 2.83. The van der Waals surface area contributed by atoms with E-state index in [4.69, 9.17) is 0 Å². The van der Waals surface area contributed by atoms with Gasteiger partial charge in [0.2, 0.25) is 5.91 Å². The molecule has 3 fully saturated rings. The molecule has 2 nitrogen and oxygen atoms in total. The smallest absolute Gasteiger partial charge is 0.230 e.